The van der Waals surface area contributed by atoms with Crippen molar-refractivity contribution >= 4 is 34.5 Å². The summed E-state index contributed by atoms with van der Waals surface area (Å²) in [7, 11) is 0. The summed E-state index contributed by atoms with van der Waals surface area (Å²) < 4.78 is 41.9. The molecule has 0 saturated carbocycles. The molecule has 1 atom stereocenters. The van der Waals surface area contributed by atoms with Gasteiger partial charge in [-0.25, -0.2) is 4.68 Å². The topological polar surface area (TPSA) is 46.9 Å². The van der Waals surface area contributed by atoms with Gasteiger partial charge in [0.05, 0.1) is 27.9 Å². The number of aryl methyl sites for hydroxylation is 2. The van der Waals surface area contributed by atoms with Crippen LogP contribution in [0.1, 0.15) is 59.9 Å². The fourth-order valence-electron chi connectivity index (χ4n) is 5.04. The van der Waals surface area contributed by atoms with Crippen molar-refractivity contribution in [3.63, 3.8) is 0 Å². The number of thiophene rings is 1. The molecule has 3 aromatic rings. The van der Waals surface area contributed by atoms with E-state index in [1.165, 1.54) is 10.7 Å². The molecule has 1 N–H and O–H groups in total. The molecule has 1 aliphatic heterocycles. The Hall–Kier alpha value is -2.58. The number of carbonyl (C=O) groups is 1. The van der Waals surface area contributed by atoms with Crippen molar-refractivity contribution in [2.45, 2.75) is 52.6 Å². The van der Waals surface area contributed by atoms with Crippen LogP contribution in [0.15, 0.2) is 40.9 Å². The smallest absolute Gasteiger partial charge is 0.343 e. The number of allylic oxidation sites excluding steroid dienone is 2. The lowest BCUT2D eigenvalue weighted by molar-refractivity contribution is -0.137. The highest BCUT2D eigenvalue weighted by atomic mass is 35.5. The Bertz CT molecular complexity index is 1370. The van der Waals surface area contributed by atoms with Crippen LogP contribution in [-0.2, 0) is 11.0 Å². The van der Waals surface area contributed by atoms with Gasteiger partial charge in [-0.05, 0) is 60.9 Å². The molecular formula is C25H23ClF3N3OS. The predicted octanol–water partition coefficient (Wildman–Crippen LogP) is 7.42. The van der Waals surface area contributed by atoms with Gasteiger partial charge in [-0.15, -0.1) is 11.3 Å². The van der Waals surface area contributed by atoms with Crippen LogP contribution in [0.4, 0.5) is 19.0 Å². The maximum atomic E-state index is 13.5. The van der Waals surface area contributed by atoms with Crippen LogP contribution in [0.5, 0.6) is 0 Å². The number of benzene rings is 1. The summed E-state index contributed by atoms with van der Waals surface area (Å²) in [5, 5.41) is 10.2. The van der Waals surface area contributed by atoms with E-state index in [0.29, 0.717) is 24.4 Å². The monoisotopic (exact) mass is 505 g/mol. The van der Waals surface area contributed by atoms with E-state index in [2.05, 4.69) is 10.4 Å². The average Bonchev–Trinajstić information content (AvgIpc) is 3.28. The number of nitrogens with one attached hydrogen (secondary N) is 1. The maximum Gasteiger partial charge on any atom is 0.416 e. The SMILES string of the molecule is Cc1ccsc1[C@@H]1C2=C(CC(C)(C)CC2=O)Nc2c1c(C)nn2-c1cc(C(F)(F)F)ccc1Cl. The van der Waals surface area contributed by atoms with Gasteiger partial charge in [-0.2, -0.15) is 18.3 Å². The second-order valence-electron chi connectivity index (χ2n) is 9.78. The Morgan fingerprint density at radius 2 is 1.94 bits per heavy atom. The first-order valence-electron chi connectivity index (χ1n) is 10.9. The fourth-order valence-corrected chi connectivity index (χ4v) is 6.28. The summed E-state index contributed by atoms with van der Waals surface area (Å²) in [6.07, 6.45) is -3.42. The number of alkyl halides is 3. The predicted molar refractivity (Wildman–Crippen MR) is 128 cm³/mol. The molecule has 0 amide bonds. The van der Waals surface area contributed by atoms with Crippen LogP contribution >= 0.6 is 22.9 Å². The molecular weight excluding hydrogens is 483 g/mol. The minimum Gasteiger partial charge on any atom is -0.343 e. The highest BCUT2D eigenvalue weighted by Gasteiger charge is 2.44. The summed E-state index contributed by atoms with van der Waals surface area (Å²) in [5.74, 6) is 0.320. The zero-order valence-corrected chi connectivity index (χ0v) is 20.7. The zero-order valence-electron chi connectivity index (χ0n) is 19.1. The molecule has 2 aliphatic rings. The zero-order chi connectivity index (χ0) is 24.6. The molecule has 0 bridgehead atoms. The van der Waals surface area contributed by atoms with Crippen molar-refractivity contribution in [1.29, 1.82) is 0 Å². The van der Waals surface area contributed by atoms with E-state index in [-0.39, 0.29) is 27.8 Å². The van der Waals surface area contributed by atoms with E-state index in [9.17, 15) is 18.0 Å². The minimum absolute atomic E-state index is 0.0893. The highest BCUT2D eigenvalue weighted by Crippen LogP contribution is 2.52. The molecule has 2 aromatic heterocycles. The number of anilines is 1. The van der Waals surface area contributed by atoms with Crippen molar-refractivity contribution in [2.75, 3.05) is 5.32 Å². The Balaban J connectivity index is 1.77. The maximum absolute atomic E-state index is 13.5. The first kappa shape index (κ1) is 23.2. The summed E-state index contributed by atoms with van der Waals surface area (Å²) >= 11 is 7.95. The number of hydrogen-bond donors (Lipinski definition) is 1. The van der Waals surface area contributed by atoms with Crippen LogP contribution in [0.25, 0.3) is 5.69 Å². The van der Waals surface area contributed by atoms with E-state index in [4.69, 9.17) is 11.6 Å². The highest BCUT2D eigenvalue weighted by molar-refractivity contribution is 7.10. The number of aromatic nitrogens is 2. The number of hydrogen-bond acceptors (Lipinski definition) is 4. The quantitative estimate of drug-likeness (QED) is 0.394. The number of Topliss-reactive ketones (excluding diaryl/α,β-unsaturated/α-hetero) is 1. The standard InChI is InChI=1S/C25H23ClF3N3OS/c1-12-7-8-34-22(12)21-19-13(2)31-32(17-9-14(25(27,28)29)5-6-15(17)26)23(19)30-16-10-24(3,4)11-18(33)20(16)21/h5-9,21,30H,10-11H2,1-4H3/t21-/m0/s1. The Morgan fingerprint density at radius 3 is 2.59 bits per heavy atom. The van der Waals surface area contributed by atoms with Crippen molar-refractivity contribution in [3.05, 3.63) is 73.2 Å². The van der Waals surface area contributed by atoms with Gasteiger partial charge in [0.1, 0.15) is 5.82 Å². The normalized spacial score (nSPS) is 19.6. The van der Waals surface area contributed by atoms with Gasteiger partial charge in [0.15, 0.2) is 5.78 Å². The van der Waals surface area contributed by atoms with E-state index >= 15 is 0 Å². The molecule has 1 aromatic carbocycles. The second kappa shape index (κ2) is 7.71. The number of nitrogens with zero attached hydrogens (tertiary/aromatic N) is 2. The third-order valence-electron chi connectivity index (χ3n) is 6.54. The van der Waals surface area contributed by atoms with Gasteiger partial charge in [0, 0.05) is 28.1 Å². The van der Waals surface area contributed by atoms with Gasteiger partial charge in [-0.3, -0.25) is 4.79 Å². The largest absolute Gasteiger partial charge is 0.416 e. The van der Waals surface area contributed by atoms with Crippen molar-refractivity contribution in [3.8, 4) is 5.69 Å². The van der Waals surface area contributed by atoms with Crippen LogP contribution < -0.4 is 5.32 Å². The molecule has 4 nitrogen and oxygen atoms in total. The lowest BCUT2D eigenvalue weighted by Crippen LogP contribution is -2.34. The molecule has 5 rings (SSSR count). The average molecular weight is 506 g/mol. The molecule has 9 heteroatoms. The number of carbonyl (C=O) groups excluding carboxylic acids is 1. The number of rotatable bonds is 2. The number of ketones is 1. The molecule has 1 aliphatic carbocycles. The van der Waals surface area contributed by atoms with Gasteiger partial charge in [0.25, 0.3) is 0 Å². The van der Waals surface area contributed by atoms with E-state index in [0.717, 1.165) is 39.4 Å². The first-order chi connectivity index (χ1) is 15.9. The van der Waals surface area contributed by atoms with E-state index in [1.807, 2.05) is 39.1 Å². The van der Waals surface area contributed by atoms with Crippen LogP contribution in [0.2, 0.25) is 5.02 Å². The lowest BCUT2D eigenvalue weighted by Gasteiger charge is -2.38. The second-order valence-corrected chi connectivity index (χ2v) is 11.1. The molecule has 0 fully saturated rings. The molecule has 0 spiro atoms. The summed E-state index contributed by atoms with van der Waals surface area (Å²) in [6.45, 7) is 7.92. The molecule has 0 saturated heterocycles. The van der Waals surface area contributed by atoms with Crippen molar-refractivity contribution < 1.29 is 18.0 Å². The summed E-state index contributed by atoms with van der Waals surface area (Å²) in [6, 6.07) is 5.23. The first-order valence-corrected chi connectivity index (χ1v) is 12.2. The van der Waals surface area contributed by atoms with E-state index < -0.39 is 11.7 Å². The van der Waals surface area contributed by atoms with Crippen LogP contribution in [0, 0.1) is 19.3 Å². The Kier molecular flexibility index (Phi) is 5.26. The molecule has 34 heavy (non-hydrogen) atoms. The minimum atomic E-state index is -4.51. The third kappa shape index (κ3) is 3.67. The van der Waals surface area contributed by atoms with Gasteiger partial charge in [0.2, 0.25) is 0 Å². The molecule has 178 valence electrons. The number of halogens is 4. The Labute approximate surface area is 204 Å². The van der Waals surface area contributed by atoms with Crippen molar-refractivity contribution in [1.82, 2.24) is 9.78 Å². The lowest BCUT2D eigenvalue weighted by atomic mass is 9.70. The summed E-state index contributed by atoms with van der Waals surface area (Å²) in [4.78, 5) is 14.4. The van der Waals surface area contributed by atoms with Crippen LogP contribution in [0.3, 0.4) is 0 Å². The van der Waals surface area contributed by atoms with Crippen molar-refractivity contribution in [2.24, 2.45) is 5.41 Å². The van der Waals surface area contributed by atoms with Crippen LogP contribution in [-0.4, -0.2) is 15.6 Å². The molecule has 3 heterocycles. The molecule has 0 radical (unpaired) electrons. The number of fused-ring (bicyclic) bond motifs is 1. The van der Waals surface area contributed by atoms with Gasteiger partial charge < -0.3 is 5.32 Å². The summed E-state index contributed by atoms with van der Waals surface area (Å²) in [5.41, 5.74) is 3.14. The third-order valence-corrected chi connectivity index (χ3v) is 7.94. The van der Waals surface area contributed by atoms with Gasteiger partial charge in [-0.1, -0.05) is 25.4 Å². The Morgan fingerprint density at radius 1 is 1.21 bits per heavy atom. The van der Waals surface area contributed by atoms with E-state index in [1.54, 1.807) is 11.3 Å². The van der Waals surface area contributed by atoms with Gasteiger partial charge >= 0.3 is 6.18 Å². The fraction of sp³-hybridized carbons (Fsp3) is 0.360. The molecule has 0 unspecified atom stereocenters.